The van der Waals surface area contributed by atoms with Crippen molar-refractivity contribution in [3.8, 4) is 0 Å². The van der Waals surface area contributed by atoms with Crippen LogP contribution in [0.3, 0.4) is 0 Å². The summed E-state index contributed by atoms with van der Waals surface area (Å²) in [6.45, 7) is 5.51. The Kier molecular flexibility index (Phi) is 3.88. The van der Waals surface area contributed by atoms with Crippen LogP contribution in [0.1, 0.15) is 38.9 Å². The average Bonchev–Trinajstić information content (AvgIpc) is 2.32. The molecule has 1 aliphatic carbocycles. The minimum atomic E-state index is 0.632. The standard InChI is InChI=1S/C13H21N3/c1-10-5-3-6-12(11(10)2)16-9-13-14-7-4-8-15-13/h4,7-8,10-12,16H,3,5-6,9H2,1-2H3. The Morgan fingerprint density at radius 2 is 2.00 bits per heavy atom. The molecule has 16 heavy (non-hydrogen) atoms. The molecule has 3 nitrogen and oxygen atoms in total. The molecule has 0 saturated heterocycles. The van der Waals surface area contributed by atoms with Crippen LogP contribution < -0.4 is 5.32 Å². The van der Waals surface area contributed by atoms with E-state index in [1.165, 1.54) is 19.3 Å². The van der Waals surface area contributed by atoms with Crippen molar-refractivity contribution in [2.45, 2.75) is 45.7 Å². The molecule has 1 aromatic rings. The van der Waals surface area contributed by atoms with Gasteiger partial charge in [0.05, 0.1) is 6.54 Å². The molecule has 0 aromatic carbocycles. The molecule has 2 rings (SSSR count). The number of aromatic nitrogens is 2. The molecule has 1 aliphatic rings. The quantitative estimate of drug-likeness (QED) is 0.848. The summed E-state index contributed by atoms with van der Waals surface area (Å²) in [4.78, 5) is 8.47. The Morgan fingerprint density at radius 3 is 2.75 bits per heavy atom. The van der Waals surface area contributed by atoms with Gasteiger partial charge in [0.15, 0.2) is 0 Å². The SMILES string of the molecule is CC1CCCC(NCc2ncccn2)C1C. The number of nitrogens with one attached hydrogen (secondary N) is 1. The zero-order valence-electron chi connectivity index (χ0n) is 10.2. The van der Waals surface area contributed by atoms with Gasteiger partial charge in [-0.05, 0) is 24.3 Å². The van der Waals surface area contributed by atoms with Crippen molar-refractivity contribution in [1.82, 2.24) is 15.3 Å². The Balaban J connectivity index is 1.85. The summed E-state index contributed by atoms with van der Waals surface area (Å²) in [5, 5.41) is 3.59. The summed E-state index contributed by atoms with van der Waals surface area (Å²) in [6.07, 6.45) is 7.62. The monoisotopic (exact) mass is 219 g/mol. The molecule has 0 amide bonds. The van der Waals surface area contributed by atoms with Crippen LogP contribution >= 0.6 is 0 Å². The highest BCUT2D eigenvalue weighted by molar-refractivity contribution is 4.90. The van der Waals surface area contributed by atoms with Crippen molar-refractivity contribution in [1.29, 1.82) is 0 Å². The van der Waals surface area contributed by atoms with E-state index in [-0.39, 0.29) is 0 Å². The van der Waals surface area contributed by atoms with E-state index in [9.17, 15) is 0 Å². The summed E-state index contributed by atoms with van der Waals surface area (Å²) in [6, 6.07) is 2.49. The molecule has 0 bridgehead atoms. The fourth-order valence-corrected chi connectivity index (χ4v) is 2.51. The highest BCUT2D eigenvalue weighted by Gasteiger charge is 2.26. The van der Waals surface area contributed by atoms with E-state index < -0.39 is 0 Å². The lowest BCUT2D eigenvalue weighted by molar-refractivity contribution is 0.205. The number of hydrogen-bond donors (Lipinski definition) is 1. The summed E-state index contributed by atoms with van der Waals surface area (Å²) in [5.41, 5.74) is 0. The minimum Gasteiger partial charge on any atom is -0.307 e. The molecular formula is C13H21N3. The van der Waals surface area contributed by atoms with Crippen LogP contribution in [0.2, 0.25) is 0 Å². The van der Waals surface area contributed by atoms with Crippen LogP contribution in [0.5, 0.6) is 0 Å². The Labute approximate surface area is 97.7 Å². The van der Waals surface area contributed by atoms with Crippen molar-refractivity contribution in [3.63, 3.8) is 0 Å². The van der Waals surface area contributed by atoms with Gasteiger partial charge >= 0.3 is 0 Å². The lowest BCUT2D eigenvalue weighted by Crippen LogP contribution is -2.40. The molecule has 3 atom stereocenters. The maximum Gasteiger partial charge on any atom is 0.141 e. The number of hydrogen-bond acceptors (Lipinski definition) is 3. The van der Waals surface area contributed by atoms with E-state index in [1.807, 2.05) is 6.07 Å². The highest BCUT2D eigenvalue weighted by atomic mass is 15.0. The van der Waals surface area contributed by atoms with Gasteiger partial charge in [-0.15, -0.1) is 0 Å². The maximum atomic E-state index is 4.23. The first kappa shape index (κ1) is 11.5. The van der Waals surface area contributed by atoms with Gasteiger partial charge in [0.1, 0.15) is 5.82 Å². The van der Waals surface area contributed by atoms with E-state index in [4.69, 9.17) is 0 Å². The maximum absolute atomic E-state index is 4.23. The molecule has 88 valence electrons. The molecule has 1 aromatic heterocycles. The number of nitrogens with zero attached hydrogens (tertiary/aromatic N) is 2. The van der Waals surface area contributed by atoms with E-state index in [2.05, 4.69) is 29.1 Å². The second-order valence-electron chi connectivity index (χ2n) is 4.92. The van der Waals surface area contributed by atoms with Gasteiger partial charge in [-0.25, -0.2) is 9.97 Å². The molecule has 1 heterocycles. The lowest BCUT2D eigenvalue weighted by Gasteiger charge is -2.34. The fraction of sp³-hybridized carbons (Fsp3) is 0.692. The lowest BCUT2D eigenvalue weighted by atomic mass is 9.78. The zero-order chi connectivity index (χ0) is 11.4. The van der Waals surface area contributed by atoms with Crippen LogP contribution in [-0.2, 0) is 6.54 Å². The Morgan fingerprint density at radius 1 is 1.25 bits per heavy atom. The van der Waals surface area contributed by atoms with E-state index in [1.54, 1.807) is 12.4 Å². The molecule has 0 spiro atoms. The molecule has 0 radical (unpaired) electrons. The topological polar surface area (TPSA) is 37.8 Å². The van der Waals surface area contributed by atoms with Crippen molar-refractivity contribution in [2.24, 2.45) is 11.8 Å². The van der Waals surface area contributed by atoms with Gasteiger partial charge in [-0.1, -0.05) is 26.7 Å². The van der Waals surface area contributed by atoms with Gasteiger partial charge in [0, 0.05) is 18.4 Å². The third-order valence-corrected chi connectivity index (χ3v) is 3.85. The van der Waals surface area contributed by atoms with Gasteiger partial charge in [-0.2, -0.15) is 0 Å². The summed E-state index contributed by atoms with van der Waals surface area (Å²) < 4.78 is 0. The van der Waals surface area contributed by atoms with E-state index in [0.29, 0.717) is 6.04 Å². The zero-order valence-corrected chi connectivity index (χ0v) is 10.2. The van der Waals surface area contributed by atoms with Crippen molar-refractivity contribution in [3.05, 3.63) is 24.3 Å². The van der Waals surface area contributed by atoms with E-state index >= 15 is 0 Å². The first-order valence-corrected chi connectivity index (χ1v) is 6.26. The van der Waals surface area contributed by atoms with Crippen molar-refractivity contribution >= 4 is 0 Å². The molecule has 1 N–H and O–H groups in total. The molecular weight excluding hydrogens is 198 g/mol. The third kappa shape index (κ3) is 2.79. The highest BCUT2D eigenvalue weighted by Crippen LogP contribution is 2.29. The Bertz CT molecular complexity index is 312. The Hall–Kier alpha value is -0.960. The largest absolute Gasteiger partial charge is 0.307 e. The summed E-state index contributed by atoms with van der Waals surface area (Å²) >= 11 is 0. The smallest absolute Gasteiger partial charge is 0.141 e. The molecule has 3 heteroatoms. The third-order valence-electron chi connectivity index (χ3n) is 3.85. The average molecular weight is 219 g/mol. The van der Waals surface area contributed by atoms with Gasteiger partial charge < -0.3 is 5.32 Å². The summed E-state index contributed by atoms with van der Waals surface area (Å²) in [7, 11) is 0. The first-order chi connectivity index (χ1) is 7.77. The normalized spacial score (nSPS) is 30.2. The minimum absolute atomic E-state index is 0.632. The molecule has 0 aliphatic heterocycles. The van der Waals surface area contributed by atoms with Crippen LogP contribution in [0, 0.1) is 11.8 Å². The summed E-state index contributed by atoms with van der Waals surface area (Å²) in [5.74, 6) is 2.49. The second kappa shape index (κ2) is 5.39. The van der Waals surface area contributed by atoms with Crippen LogP contribution in [0.4, 0.5) is 0 Å². The first-order valence-electron chi connectivity index (χ1n) is 6.26. The number of rotatable bonds is 3. The van der Waals surface area contributed by atoms with Gasteiger partial charge in [0.25, 0.3) is 0 Å². The van der Waals surface area contributed by atoms with Crippen molar-refractivity contribution < 1.29 is 0 Å². The van der Waals surface area contributed by atoms with Crippen LogP contribution in [0.15, 0.2) is 18.5 Å². The predicted molar refractivity (Wildman–Crippen MR) is 64.8 cm³/mol. The van der Waals surface area contributed by atoms with E-state index in [0.717, 1.165) is 24.2 Å². The molecule has 1 saturated carbocycles. The van der Waals surface area contributed by atoms with Gasteiger partial charge in [0.2, 0.25) is 0 Å². The van der Waals surface area contributed by atoms with Crippen molar-refractivity contribution in [2.75, 3.05) is 0 Å². The molecule has 3 unspecified atom stereocenters. The van der Waals surface area contributed by atoms with Crippen LogP contribution in [0.25, 0.3) is 0 Å². The van der Waals surface area contributed by atoms with Crippen LogP contribution in [-0.4, -0.2) is 16.0 Å². The van der Waals surface area contributed by atoms with Gasteiger partial charge in [-0.3, -0.25) is 0 Å². The second-order valence-corrected chi connectivity index (χ2v) is 4.92. The fourth-order valence-electron chi connectivity index (χ4n) is 2.51. The molecule has 1 fully saturated rings. The predicted octanol–water partition coefficient (Wildman–Crippen LogP) is 2.39.